The fourth-order valence-electron chi connectivity index (χ4n) is 3.55. The molecule has 0 unspecified atom stereocenters. The van der Waals surface area contributed by atoms with Gasteiger partial charge in [-0.1, -0.05) is 12.1 Å². The summed E-state index contributed by atoms with van der Waals surface area (Å²) >= 11 is 0. The largest absolute Gasteiger partial charge is 0.449 e. The highest BCUT2D eigenvalue weighted by molar-refractivity contribution is 7.92. The average Bonchev–Trinajstić information content (AvgIpc) is 3.17. The second kappa shape index (κ2) is 7.96. The Hall–Kier alpha value is -2.71. The summed E-state index contributed by atoms with van der Waals surface area (Å²) in [5.74, 6) is -0.112. The van der Waals surface area contributed by atoms with Crippen LogP contribution in [0.15, 0.2) is 58.1 Å². The van der Waals surface area contributed by atoms with Gasteiger partial charge in [0.1, 0.15) is 0 Å². The fraction of sp³-hybridized carbons (Fsp3) is 0.333. The molecule has 1 aliphatic rings. The second-order valence-electron chi connectivity index (χ2n) is 7.40. The van der Waals surface area contributed by atoms with Gasteiger partial charge in [0.05, 0.1) is 16.3 Å². The second-order valence-corrected chi connectivity index (χ2v) is 9.63. The molecular formula is C21H23N3O4S. The lowest BCUT2D eigenvalue weighted by atomic mass is 10.1. The number of furan rings is 1. The first-order valence-corrected chi connectivity index (χ1v) is 11.1. The van der Waals surface area contributed by atoms with Crippen molar-refractivity contribution < 1.29 is 17.6 Å². The van der Waals surface area contributed by atoms with Gasteiger partial charge in [-0.25, -0.2) is 8.42 Å². The molecule has 1 aromatic carbocycles. The zero-order valence-electron chi connectivity index (χ0n) is 16.2. The third kappa shape index (κ3) is 4.18. The average molecular weight is 413 g/mol. The minimum atomic E-state index is -3.33. The quantitative estimate of drug-likeness (QED) is 0.691. The smallest absolute Gasteiger partial charge is 0.287 e. The molecule has 1 saturated heterocycles. The Kier molecular flexibility index (Phi) is 5.38. The van der Waals surface area contributed by atoms with E-state index in [9.17, 15) is 13.2 Å². The molecule has 8 heteroatoms. The highest BCUT2D eigenvalue weighted by atomic mass is 32.2. The number of pyridine rings is 1. The van der Waals surface area contributed by atoms with Crippen molar-refractivity contribution in [2.24, 2.45) is 0 Å². The number of hydrogen-bond donors (Lipinski definition) is 1. The normalized spacial score (nSPS) is 16.2. The van der Waals surface area contributed by atoms with Crippen molar-refractivity contribution in [1.82, 2.24) is 15.2 Å². The molecule has 1 amide bonds. The molecule has 0 aliphatic carbocycles. The summed E-state index contributed by atoms with van der Waals surface area (Å²) in [4.78, 5) is 18.8. The van der Waals surface area contributed by atoms with Gasteiger partial charge in [0.2, 0.25) is 0 Å². The minimum Gasteiger partial charge on any atom is -0.449 e. The molecule has 1 aliphatic heterocycles. The monoisotopic (exact) mass is 413 g/mol. The molecule has 0 atom stereocenters. The summed E-state index contributed by atoms with van der Waals surface area (Å²) in [7, 11) is -1.32. The molecule has 2 aromatic heterocycles. The number of likely N-dealkylation sites (tertiary alicyclic amines) is 1. The van der Waals surface area contributed by atoms with Gasteiger partial charge in [0.25, 0.3) is 5.91 Å². The van der Waals surface area contributed by atoms with Crippen LogP contribution >= 0.6 is 0 Å². The first kappa shape index (κ1) is 19.6. The van der Waals surface area contributed by atoms with Crippen molar-refractivity contribution in [3.05, 3.63) is 60.1 Å². The summed E-state index contributed by atoms with van der Waals surface area (Å²) in [5.41, 5.74) is 1.37. The van der Waals surface area contributed by atoms with Crippen LogP contribution in [0.5, 0.6) is 0 Å². The summed E-state index contributed by atoms with van der Waals surface area (Å²) in [6.45, 7) is 1.88. The SMILES string of the molecule is CN1CCC(S(=O)(=O)c2ccc(CNC(=O)c3cc4ccncc4o3)cc2)CC1. The Morgan fingerprint density at radius 1 is 1.21 bits per heavy atom. The Morgan fingerprint density at radius 2 is 1.93 bits per heavy atom. The summed E-state index contributed by atoms with van der Waals surface area (Å²) in [6.07, 6.45) is 4.52. The van der Waals surface area contributed by atoms with E-state index >= 15 is 0 Å². The lowest BCUT2D eigenvalue weighted by molar-refractivity contribution is 0.0925. The molecule has 3 heterocycles. The van der Waals surface area contributed by atoms with E-state index in [1.807, 2.05) is 7.05 Å². The van der Waals surface area contributed by atoms with E-state index in [1.165, 1.54) is 0 Å². The van der Waals surface area contributed by atoms with Crippen LogP contribution in [0.2, 0.25) is 0 Å². The van der Waals surface area contributed by atoms with E-state index in [0.717, 1.165) is 24.0 Å². The molecule has 0 saturated carbocycles. The van der Waals surface area contributed by atoms with Crippen LogP contribution in [0.4, 0.5) is 0 Å². The topological polar surface area (TPSA) is 92.5 Å². The van der Waals surface area contributed by atoms with Crippen molar-refractivity contribution in [3.63, 3.8) is 0 Å². The number of carbonyl (C=O) groups is 1. The lowest BCUT2D eigenvalue weighted by Gasteiger charge is -2.28. The molecule has 0 bridgehead atoms. The standard InChI is InChI=1S/C21H23N3O4S/c1-24-10-7-18(8-11-24)29(26,27)17-4-2-15(3-5-17)13-23-21(25)19-12-16-6-9-22-14-20(16)28-19/h2-6,9,12,14,18H,7-8,10-11,13H2,1H3,(H,23,25). The van der Waals surface area contributed by atoms with Crippen molar-refractivity contribution in [2.45, 2.75) is 29.5 Å². The van der Waals surface area contributed by atoms with Gasteiger partial charge in [0.15, 0.2) is 21.2 Å². The number of fused-ring (bicyclic) bond motifs is 1. The molecule has 4 rings (SSSR count). The van der Waals surface area contributed by atoms with Crippen LogP contribution < -0.4 is 5.32 Å². The van der Waals surface area contributed by atoms with Gasteiger partial charge in [0, 0.05) is 18.1 Å². The molecule has 7 nitrogen and oxygen atoms in total. The van der Waals surface area contributed by atoms with Crippen LogP contribution in [-0.4, -0.2) is 49.6 Å². The van der Waals surface area contributed by atoms with Crippen molar-refractivity contribution >= 4 is 26.7 Å². The Balaban J connectivity index is 1.39. The molecule has 1 fully saturated rings. The predicted octanol–water partition coefficient (Wildman–Crippen LogP) is 2.63. The van der Waals surface area contributed by atoms with Crippen LogP contribution in [0.25, 0.3) is 11.0 Å². The van der Waals surface area contributed by atoms with Gasteiger partial charge in [-0.3, -0.25) is 9.78 Å². The number of hydrogen-bond acceptors (Lipinski definition) is 6. The van der Waals surface area contributed by atoms with Crippen LogP contribution in [-0.2, 0) is 16.4 Å². The summed E-state index contributed by atoms with van der Waals surface area (Å²) in [6, 6.07) is 10.2. The Bertz CT molecular complexity index is 1080. The number of sulfone groups is 1. The lowest BCUT2D eigenvalue weighted by Crippen LogP contribution is -2.37. The van der Waals surface area contributed by atoms with E-state index < -0.39 is 9.84 Å². The van der Waals surface area contributed by atoms with Crippen molar-refractivity contribution in [1.29, 1.82) is 0 Å². The number of nitrogens with zero attached hydrogens (tertiary/aromatic N) is 2. The Morgan fingerprint density at radius 3 is 2.62 bits per heavy atom. The maximum Gasteiger partial charge on any atom is 0.287 e. The molecule has 1 N–H and O–H groups in total. The number of aromatic nitrogens is 1. The van der Waals surface area contributed by atoms with Gasteiger partial charge in [-0.15, -0.1) is 0 Å². The number of nitrogens with one attached hydrogen (secondary N) is 1. The van der Waals surface area contributed by atoms with E-state index in [1.54, 1.807) is 48.8 Å². The van der Waals surface area contributed by atoms with E-state index in [-0.39, 0.29) is 23.5 Å². The first-order chi connectivity index (χ1) is 13.9. The van der Waals surface area contributed by atoms with Crippen LogP contribution in [0.1, 0.15) is 29.0 Å². The molecule has 0 radical (unpaired) electrons. The van der Waals surface area contributed by atoms with Crippen molar-refractivity contribution in [2.75, 3.05) is 20.1 Å². The molecule has 3 aromatic rings. The van der Waals surface area contributed by atoms with Gasteiger partial charge < -0.3 is 14.6 Å². The van der Waals surface area contributed by atoms with E-state index in [4.69, 9.17) is 4.42 Å². The van der Waals surface area contributed by atoms with Gasteiger partial charge in [-0.2, -0.15) is 0 Å². The third-order valence-electron chi connectivity index (χ3n) is 5.36. The number of piperidine rings is 1. The number of benzene rings is 1. The zero-order chi connectivity index (χ0) is 20.4. The number of carbonyl (C=O) groups excluding carboxylic acids is 1. The number of rotatable bonds is 5. The maximum atomic E-state index is 12.8. The van der Waals surface area contributed by atoms with Crippen LogP contribution in [0, 0.1) is 0 Å². The first-order valence-electron chi connectivity index (χ1n) is 9.56. The summed E-state index contributed by atoms with van der Waals surface area (Å²) < 4.78 is 31.2. The molecule has 152 valence electrons. The van der Waals surface area contributed by atoms with Crippen LogP contribution in [0.3, 0.4) is 0 Å². The molecule has 0 spiro atoms. The number of amides is 1. The fourth-order valence-corrected chi connectivity index (χ4v) is 5.28. The highest BCUT2D eigenvalue weighted by Gasteiger charge is 2.30. The zero-order valence-corrected chi connectivity index (χ0v) is 17.0. The summed E-state index contributed by atoms with van der Waals surface area (Å²) in [5, 5.41) is 3.28. The van der Waals surface area contributed by atoms with E-state index in [2.05, 4.69) is 15.2 Å². The molecule has 29 heavy (non-hydrogen) atoms. The highest BCUT2D eigenvalue weighted by Crippen LogP contribution is 2.24. The van der Waals surface area contributed by atoms with Gasteiger partial charge in [-0.05, 0) is 62.8 Å². The third-order valence-corrected chi connectivity index (χ3v) is 7.63. The minimum absolute atomic E-state index is 0.217. The molecular weight excluding hydrogens is 390 g/mol. The predicted molar refractivity (Wildman–Crippen MR) is 109 cm³/mol. The van der Waals surface area contributed by atoms with Gasteiger partial charge >= 0.3 is 0 Å². The Labute approximate surface area is 169 Å². The van der Waals surface area contributed by atoms with E-state index in [0.29, 0.717) is 23.3 Å². The maximum absolute atomic E-state index is 12.8. The van der Waals surface area contributed by atoms with Crippen molar-refractivity contribution in [3.8, 4) is 0 Å².